The lowest BCUT2D eigenvalue weighted by molar-refractivity contribution is 0.561. The Morgan fingerprint density at radius 2 is 1.86 bits per heavy atom. The highest BCUT2D eigenvalue weighted by Crippen LogP contribution is 2.22. The highest BCUT2D eigenvalue weighted by molar-refractivity contribution is 7.90. The van der Waals surface area contributed by atoms with Crippen LogP contribution in [0.5, 0.6) is 0 Å². The van der Waals surface area contributed by atoms with Crippen molar-refractivity contribution in [1.82, 2.24) is 8.96 Å². The normalized spacial score (nSPS) is 11.9. The molecule has 3 rings (SSSR count). The zero-order valence-corrected chi connectivity index (χ0v) is 12.0. The molecule has 0 aliphatic rings. The second-order valence-electron chi connectivity index (χ2n) is 4.29. The second-order valence-corrected chi connectivity index (χ2v) is 6.48. The van der Waals surface area contributed by atoms with Crippen LogP contribution in [0.15, 0.2) is 52.2 Å². The molecule has 8 heteroatoms. The number of nitrogens with zero attached hydrogens (tertiary/aromatic N) is 1. The molecular weight excluding hydrogens is 319 g/mol. The molecule has 0 spiro atoms. The molecule has 1 N–H and O–H groups in total. The number of imidazole rings is 1. The molecule has 0 amide bonds. The van der Waals surface area contributed by atoms with Crippen LogP contribution in [0.3, 0.4) is 0 Å². The third kappa shape index (κ3) is 2.14. The number of halogens is 2. The average molecular weight is 327 g/mol. The Kier molecular flexibility index (Phi) is 3.11. The fraction of sp³-hybridized carbons (Fsp3) is 0. The Balaban J connectivity index is 2.40. The third-order valence-corrected chi connectivity index (χ3v) is 4.92. The summed E-state index contributed by atoms with van der Waals surface area (Å²) in [4.78, 5) is 13.8. The predicted octanol–water partition coefficient (Wildman–Crippen LogP) is 2.36. The zero-order chi connectivity index (χ0) is 15.2. The van der Waals surface area contributed by atoms with Gasteiger partial charge in [-0.2, -0.15) is 3.97 Å². The van der Waals surface area contributed by atoms with Crippen LogP contribution in [-0.4, -0.2) is 17.4 Å². The molecule has 1 heterocycles. The van der Waals surface area contributed by atoms with Crippen LogP contribution in [-0.2, 0) is 10.0 Å². The lowest BCUT2D eigenvalue weighted by Crippen LogP contribution is -2.25. The second kappa shape index (κ2) is 4.71. The summed E-state index contributed by atoms with van der Waals surface area (Å²) in [5.41, 5.74) is -0.518. The minimum Gasteiger partial charge on any atom is -0.305 e. The molecule has 1 aromatic heterocycles. The van der Waals surface area contributed by atoms with Crippen LogP contribution in [0.2, 0.25) is 5.02 Å². The van der Waals surface area contributed by atoms with Gasteiger partial charge in [0.05, 0.1) is 11.0 Å². The fourth-order valence-electron chi connectivity index (χ4n) is 2.04. The number of nitrogens with one attached hydrogen (secondary N) is 1. The minimum absolute atomic E-state index is 0.0655. The first-order valence-electron chi connectivity index (χ1n) is 5.81. The molecule has 0 saturated carbocycles. The summed E-state index contributed by atoms with van der Waals surface area (Å²) in [5, 5.41) is 0.263. The molecule has 0 fully saturated rings. The van der Waals surface area contributed by atoms with Crippen LogP contribution < -0.4 is 5.69 Å². The largest absolute Gasteiger partial charge is 0.340 e. The van der Waals surface area contributed by atoms with Gasteiger partial charge in [0.25, 0.3) is 10.0 Å². The van der Waals surface area contributed by atoms with Crippen molar-refractivity contribution in [3.63, 3.8) is 0 Å². The van der Waals surface area contributed by atoms with Gasteiger partial charge < -0.3 is 4.98 Å². The molecule has 108 valence electrons. The summed E-state index contributed by atoms with van der Waals surface area (Å²) in [6.45, 7) is 0. The van der Waals surface area contributed by atoms with Gasteiger partial charge in [-0.1, -0.05) is 23.7 Å². The monoisotopic (exact) mass is 326 g/mol. The van der Waals surface area contributed by atoms with E-state index in [1.807, 2.05) is 0 Å². The molecule has 5 nitrogen and oxygen atoms in total. The highest BCUT2D eigenvalue weighted by atomic mass is 35.5. The van der Waals surface area contributed by atoms with Crippen molar-refractivity contribution < 1.29 is 12.8 Å². The SMILES string of the molecule is O=c1[nH]c2ccc(Cl)cc2n1S(=O)(=O)c1ccccc1F. The van der Waals surface area contributed by atoms with E-state index in [-0.39, 0.29) is 10.5 Å². The Hall–Kier alpha value is -2.12. The van der Waals surface area contributed by atoms with Gasteiger partial charge >= 0.3 is 5.69 Å². The summed E-state index contributed by atoms with van der Waals surface area (Å²) in [6.07, 6.45) is 0. The number of rotatable bonds is 2. The lowest BCUT2D eigenvalue weighted by Gasteiger charge is -2.06. The predicted molar refractivity (Wildman–Crippen MR) is 76.6 cm³/mol. The van der Waals surface area contributed by atoms with Gasteiger partial charge in [0.15, 0.2) is 0 Å². The standard InChI is InChI=1S/C13H8ClFN2O3S/c14-8-5-6-10-11(7-8)17(13(18)16-10)21(19,20)12-4-2-1-3-9(12)15/h1-7H,(H,16,18). The third-order valence-electron chi connectivity index (χ3n) is 2.96. The van der Waals surface area contributed by atoms with Gasteiger partial charge in [-0.3, -0.25) is 0 Å². The van der Waals surface area contributed by atoms with E-state index in [0.29, 0.717) is 9.49 Å². The van der Waals surface area contributed by atoms with Crippen molar-refractivity contribution in [2.24, 2.45) is 0 Å². The van der Waals surface area contributed by atoms with Gasteiger partial charge in [0.1, 0.15) is 10.7 Å². The van der Waals surface area contributed by atoms with E-state index in [1.165, 1.54) is 30.3 Å². The molecule has 2 aromatic carbocycles. The van der Waals surface area contributed by atoms with Crippen LogP contribution in [0, 0.1) is 5.82 Å². The maximum absolute atomic E-state index is 13.8. The summed E-state index contributed by atoms with van der Waals surface area (Å²) < 4.78 is 39.3. The van der Waals surface area contributed by atoms with Crippen molar-refractivity contribution in [2.75, 3.05) is 0 Å². The van der Waals surface area contributed by atoms with E-state index < -0.39 is 26.4 Å². The van der Waals surface area contributed by atoms with Gasteiger partial charge in [0.2, 0.25) is 0 Å². The van der Waals surface area contributed by atoms with E-state index in [4.69, 9.17) is 11.6 Å². The van der Waals surface area contributed by atoms with E-state index in [0.717, 1.165) is 12.1 Å². The van der Waals surface area contributed by atoms with Crippen molar-refractivity contribution in [3.8, 4) is 0 Å². The molecule has 0 aliphatic heterocycles. The first kappa shape index (κ1) is 13.8. The Morgan fingerprint density at radius 3 is 2.57 bits per heavy atom. The average Bonchev–Trinajstić information content (AvgIpc) is 2.74. The highest BCUT2D eigenvalue weighted by Gasteiger charge is 2.25. The number of aromatic amines is 1. The molecule has 0 unspecified atom stereocenters. The first-order valence-corrected chi connectivity index (χ1v) is 7.63. The zero-order valence-electron chi connectivity index (χ0n) is 10.4. The summed E-state index contributed by atoms with van der Waals surface area (Å²) in [5.74, 6) is -0.930. The topological polar surface area (TPSA) is 71.9 Å². The van der Waals surface area contributed by atoms with Crippen molar-refractivity contribution in [3.05, 3.63) is 63.8 Å². The minimum atomic E-state index is -4.36. The number of hydrogen-bond acceptors (Lipinski definition) is 3. The van der Waals surface area contributed by atoms with E-state index in [1.54, 1.807) is 0 Å². The Labute approximate surface area is 123 Å². The molecular formula is C13H8ClFN2O3S. The molecule has 0 bridgehead atoms. The number of hydrogen-bond donors (Lipinski definition) is 1. The maximum Gasteiger partial charge on any atom is 0.340 e. The summed E-state index contributed by atoms with van der Waals surface area (Å²) in [7, 11) is -4.36. The van der Waals surface area contributed by atoms with E-state index >= 15 is 0 Å². The van der Waals surface area contributed by atoms with Crippen LogP contribution in [0.1, 0.15) is 0 Å². The van der Waals surface area contributed by atoms with Crippen LogP contribution in [0.25, 0.3) is 11.0 Å². The van der Waals surface area contributed by atoms with E-state index in [9.17, 15) is 17.6 Å². The van der Waals surface area contributed by atoms with Crippen LogP contribution >= 0.6 is 11.6 Å². The smallest absolute Gasteiger partial charge is 0.305 e. The molecule has 0 aliphatic carbocycles. The van der Waals surface area contributed by atoms with Crippen molar-refractivity contribution in [2.45, 2.75) is 4.90 Å². The summed E-state index contributed by atoms with van der Waals surface area (Å²) >= 11 is 5.83. The quantitative estimate of drug-likeness (QED) is 0.785. The summed E-state index contributed by atoms with van der Waals surface area (Å²) in [6, 6.07) is 9.17. The number of benzene rings is 2. The molecule has 0 atom stereocenters. The first-order chi connectivity index (χ1) is 9.91. The molecule has 0 saturated heterocycles. The van der Waals surface area contributed by atoms with Gasteiger partial charge in [-0.25, -0.2) is 17.6 Å². The van der Waals surface area contributed by atoms with Crippen molar-refractivity contribution in [1.29, 1.82) is 0 Å². The number of H-pyrrole nitrogens is 1. The fourth-order valence-corrected chi connectivity index (χ4v) is 3.65. The number of aromatic nitrogens is 2. The van der Waals surface area contributed by atoms with Gasteiger partial charge in [-0.15, -0.1) is 0 Å². The van der Waals surface area contributed by atoms with Gasteiger partial charge in [0, 0.05) is 5.02 Å². The number of fused-ring (bicyclic) bond motifs is 1. The Bertz CT molecular complexity index is 1010. The Morgan fingerprint density at radius 1 is 1.14 bits per heavy atom. The molecule has 3 aromatic rings. The molecule has 21 heavy (non-hydrogen) atoms. The van der Waals surface area contributed by atoms with Gasteiger partial charge in [-0.05, 0) is 30.3 Å². The molecule has 0 radical (unpaired) electrons. The maximum atomic E-state index is 13.8. The van der Waals surface area contributed by atoms with Crippen LogP contribution in [0.4, 0.5) is 4.39 Å². The van der Waals surface area contributed by atoms with Crippen molar-refractivity contribution >= 4 is 32.7 Å². The van der Waals surface area contributed by atoms with E-state index in [2.05, 4.69) is 4.98 Å². The lowest BCUT2D eigenvalue weighted by atomic mass is 10.3.